The molecule has 2 aromatic carbocycles. The van der Waals surface area contributed by atoms with Gasteiger partial charge in [0.25, 0.3) is 0 Å². The molecule has 8 heteroatoms. The number of anilines is 1. The van der Waals surface area contributed by atoms with E-state index in [1.54, 1.807) is 25.2 Å². The van der Waals surface area contributed by atoms with Gasteiger partial charge in [-0.25, -0.2) is 4.99 Å². The molecule has 0 bridgehead atoms. The minimum Gasteiger partial charge on any atom is -0.326 e. The molecule has 0 aromatic heterocycles. The number of carbonyl (C=O) groups excluding carboxylic acids is 2. The number of halogens is 2. The average Bonchev–Trinajstić information content (AvgIpc) is 2.90. The van der Waals surface area contributed by atoms with Crippen molar-refractivity contribution in [3.05, 3.63) is 57.1 Å². The Hall–Kier alpha value is -2.02. The SMILES string of the molecule is Cc1cc(C)c(NC(=O)C[C@H]2SC(=Nc3cccc(Cl)c3Cl)N(C)C2=O)c(C)c1. The van der Waals surface area contributed by atoms with Crippen molar-refractivity contribution in [1.82, 2.24) is 4.90 Å². The molecule has 29 heavy (non-hydrogen) atoms. The average molecular weight is 450 g/mol. The second-order valence-corrected chi connectivity index (χ2v) is 8.95. The van der Waals surface area contributed by atoms with Gasteiger partial charge in [-0.1, -0.05) is 58.7 Å². The number of benzene rings is 2. The van der Waals surface area contributed by atoms with E-state index in [9.17, 15) is 9.59 Å². The number of thioether (sulfide) groups is 1. The van der Waals surface area contributed by atoms with Gasteiger partial charge in [-0.3, -0.25) is 14.5 Å². The lowest BCUT2D eigenvalue weighted by molar-refractivity contribution is -0.127. The second kappa shape index (κ2) is 8.78. The molecule has 2 aromatic rings. The third-order valence-electron chi connectivity index (χ3n) is 4.60. The smallest absolute Gasteiger partial charge is 0.242 e. The van der Waals surface area contributed by atoms with Crippen LogP contribution in [0.15, 0.2) is 35.3 Å². The summed E-state index contributed by atoms with van der Waals surface area (Å²) in [4.78, 5) is 31.1. The molecular formula is C21H21Cl2N3O2S. The minimum atomic E-state index is -0.539. The molecule has 3 rings (SSSR count). The second-order valence-electron chi connectivity index (χ2n) is 7.00. The van der Waals surface area contributed by atoms with Crippen LogP contribution < -0.4 is 5.32 Å². The number of aryl methyl sites for hydroxylation is 3. The van der Waals surface area contributed by atoms with E-state index in [1.165, 1.54) is 16.7 Å². The molecule has 0 spiro atoms. The normalized spacial score (nSPS) is 17.9. The van der Waals surface area contributed by atoms with E-state index in [0.29, 0.717) is 20.9 Å². The maximum atomic E-state index is 12.6. The summed E-state index contributed by atoms with van der Waals surface area (Å²) < 4.78 is 0. The predicted molar refractivity (Wildman–Crippen MR) is 122 cm³/mol. The van der Waals surface area contributed by atoms with Crippen molar-refractivity contribution in [2.45, 2.75) is 32.4 Å². The summed E-state index contributed by atoms with van der Waals surface area (Å²) in [6.45, 7) is 5.93. The third kappa shape index (κ3) is 4.77. The lowest BCUT2D eigenvalue weighted by Gasteiger charge is -2.14. The number of hydrogen-bond donors (Lipinski definition) is 1. The summed E-state index contributed by atoms with van der Waals surface area (Å²) in [5, 5.41) is 3.62. The molecular weight excluding hydrogens is 429 g/mol. The maximum Gasteiger partial charge on any atom is 0.242 e. The van der Waals surface area contributed by atoms with Crippen molar-refractivity contribution in [3.8, 4) is 0 Å². The quantitative estimate of drug-likeness (QED) is 0.668. The number of nitrogens with zero attached hydrogens (tertiary/aromatic N) is 2. The van der Waals surface area contributed by atoms with Gasteiger partial charge < -0.3 is 5.32 Å². The van der Waals surface area contributed by atoms with E-state index in [0.717, 1.165) is 22.4 Å². The lowest BCUT2D eigenvalue weighted by Crippen LogP contribution is -2.30. The van der Waals surface area contributed by atoms with Crippen LogP contribution in [0.25, 0.3) is 0 Å². The molecule has 0 radical (unpaired) electrons. The molecule has 1 N–H and O–H groups in total. The number of hydrogen-bond acceptors (Lipinski definition) is 4. The minimum absolute atomic E-state index is 0.0584. The topological polar surface area (TPSA) is 61.8 Å². The number of rotatable bonds is 4. The van der Waals surface area contributed by atoms with Crippen LogP contribution in [0, 0.1) is 20.8 Å². The molecule has 2 amide bonds. The predicted octanol–water partition coefficient (Wildman–Crippen LogP) is 5.51. The summed E-state index contributed by atoms with van der Waals surface area (Å²) in [6, 6.07) is 9.18. The van der Waals surface area contributed by atoms with Gasteiger partial charge in [0, 0.05) is 19.2 Å². The van der Waals surface area contributed by atoms with Gasteiger partial charge in [-0.05, 0) is 44.0 Å². The Bertz CT molecular complexity index is 1000. The number of amides is 2. The highest BCUT2D eigenvalue weighted by Gasteiger charge is 2.37. The van der Waals surface area contributed by atoms with E-state index < -0.39 is 5.25 Å². The Morgan fingerprint density at radius 3 is 2.52 bits per heavy atom. The van der Waals surface area contributed by atoms with Crippen LogP contribution in [0.2, 0.25) is 10.0 Å². The van der Waals surface area contributed by atoms with E-state index >= 15 is 0 Å². The Morgan fingerprint density at radius 1 is 1.21 bits per heavy atom. The zero-order valence-corrected chi connectivity index (χ0v) is 18.9. The molecule has 1 aliphatic rings. The summed E-state index contributed by atoms with van der Waals surface area (Å²) >= 11 is 13.5. The zero-order valence-electron chi connectivity index (χ0n) is 16.5. The molecule has 0 unspecified atom stereocenters. The molecule has 5 nitrogen and oxygen atoms in total. The lowest BCUT2D eigenvalue weighted by atomic mass is 10.0. The molecule has 1 fully saturated rings. The summed E-state index contributed by atoms with van der Waals surface area (Å²) in [5.74, 6) is -0.374. The van der Waals surface area contributed by atoms with Gasteiger partial charge >= 0.3 is 0 Å². The molecule has 1 saturated heterocycles. The standard InChI is InChI=1S/C21H21Cl2N3O2S/c1-11-8-12(2)19(13(3)9-11)25-17(27)10-16-20(28)26(4)21(29-16)24-15-7-5-6-14(22)18(15)23/h5-9,16H,10H2,1-4H3,(H,25,27)/t16-/m1/s1. The largest absolute Gasteiger partial charge is 0.326 e. The van der Waals surface area contributed by atoms with Crippen molar-refractivity contribution >= 4 is 63.3 Å². The van der Waals surface area contributed by atoms with E-state index in [4.69, 9.17) is 23.2 Å². The molecule has 152 valence electrons. The van der Waals surface area contributed by atoms with Crippen LogP contribution in [0.4, 0.5) is 11.4 Å². The van der Waals surface area contributed by atoms with Crippen LogP contribution in [0.1, 0.15) is 23.1 Å². The van der Waals surface area contributed by atoms with Gasteiger partial charge in [-0.15, -0.1) is 0 Å². The van der Waals surface area contributed by atoms with Gasteiger partial charge in [0.1, 0.15) is 5.25 Å². The van der Waals surface area contributed by atoms with Crippen molar-refractivity contribution in [1.29, 1.82) is 0 Å². The van der Waals surface area contributed by atoms with Crippen LogP contribution in [-0.2, 0) is 9.59 Å². The highest BCUT2D eigenvalue weighted by molar-refractivity contribution is 8.15. The Balaban J connectivity index is 1.74. The molecule has 0 aliphatic carbocycles. The van der Waals surface area contributed by atoms with Crippen LogP contribution >= 0.6 is 35.0 Å². The van der Waals surface area contributed by atoms with Gasteiger partial charge in [-0.2, -0.15) is 0 Å². The highest BCUT2D eigenvalue weighted by Crippen LogP contribution is 2.36. The molecule has 1 aliphatic heterocycles. The van der Waals surface area contributed by atoms with E-state index in [2.05, 4.69) is 10.3 Å². The number of aliphatic imine (C=N–C) groups is 1. The number of carbonyl (C=O) groups is 2. The van der Waals surface area contributed by atoms with Crippen LogP contribution in [0.5, 0.6) is 0 Å². The number of nitrogens with one attached hydrogen (secondary N) is 1. The fraction of sp³-hybridized carbons (Fsp3) is 0.286. The van der Waals surface area contributed by atoms with Gasteiger partial charge in [0.15, 0.2) is 5.17 Å². The van der Waals surface area contributed by atoms with Crippen molar-refractivity contribution < 1.29 is 9.59 Å². The Kier molecular flexibility index (Phi) is 6.56. The first kappa shape index (κ1) is 21.7. The molecule has 1 atom stereocenters. The van der Waals surface area contributed by atoms with Crippen molar-refractivity contribution in [2.24, 2.45) is 4.99 Å². The first-order valence-corrected chi connectivity index (χ1v) is 10.7. The van der Waals surface area contributed by atoms with Crippen LogP contribution in [0.3, 0.4) is 0 Å². The van der Waals surface area contributed by atoms with E-state index in [-0.39, 0.29) is 18.2 Å². The van der Waals surface area contributed by atoms with E-state index in [1.807, 2.05) is 32.9 Å². The first-order chi connectivity index (χ1) is 13.7. The summed E-state index contributed by atoms with van der Waals surface area (Å²) in [5.41, 5.74) is 4.41. The molecule has 1 heterocycles. The fourth-order valence-electron chi connectivity index (χ4n) is 3.22. The fourth-order valence-corrected chi connectivity index (χ4v) is 4.70. The summed E-state index contributed by atoms with van der Waals surface area (Å²) in [7, 11) is 1.64. The first-order valence-electron chi connectivity index (χ1n) is 9.02. The summed E-state index contributed by atoms with van der Waals surface area (Å²) in [6.07, 6.45) is 0.0584. The zero-order chi connectivity index (χ0) is 21.3. The van der Waals surface area contributed by atoms with Crippen LogP contribution in [-0.4, -0.2) is 34.2 Å². The van der Waals surface area contributed by atoms with Gasteiger partial charge in [0.2, 0.25) is 11.8 Å². The van der Waals surface area contributed by atoms with Gasteiger partial charge in [0.05, 0.1) is 15.7 Å². The van der Waals surface area contributed by atoms with Crippen molar-refractivity contribution in [3.63, 3.8) is 0 Å². The van der Waals surface area contributed by atoms with Crippen molar-refractivity contribution in [2.75, 3.05) is 12.4 Å². The maximum absolute atomic E-state index is 12.6. The number of amidine groups is 1. The monoisotopic (exact) mass is 449 g/mol. The molecule has 0 saturated carbocycles. The Morgan fingerprint density at radius 2 is 1.86 bits per heavy atom. The Labute approximate surface area is 184 Å². The third-order valence-corrected chi connectivity index (χ3v) is 6.64. The highest BCUT2D eigenvalue weighted by atomic mass is 35.5.